The molecule has 0 saturated carbocycles. The predicted octanol–water partition coefficient (Wildman–Crippen LogP) is 6.35. The summed E-state index contributed by atoms with van der Waals surface area (Å²) in [6.45, 7) is 13.5. The van der Waals surface area contributed by atoms with Crippen LogP contribution in [0.5, 0.6) is 11.5 Å². The summed E-state index contributed by atoms with van der Waals surface area (Å²) >= 11 is 0. The van der Waals surface area contributed by atoms with Crippen LogP contribution in [0.15, 0.2) is 82.8 Å². The molecule has 1 amide bonds. The van der Waals surface area contributed by atoms with Crippen LogP contribution < -0.4 is 25.7 Å². The van der Waals surface area contributed by atoms with Crippen LogP contribution in [0.1, 0.15) is 115 Å². The van der Waals surface area contributed by atoms with Gasteiger partial charge in [-0.1, -0.05) is 45.9 Å². The molecule has 458 valence electrons. The Balaban J connectivity index is 0.986. The van der Waals surface area contributed by atoms with Crippen molar-refractivity contribution in [2.75, 3.05) is 44.7 Å². The van der Waals surface area contributed by atoms with Crippen LogP contribution in [0.25, 0.3) is 16.7 Å². The first-order chi connectivity index (χ1) is 40.7. The lowest BCUT2D eigenvalue weighted by Crippen LogP contribution is -2.47. The second kappa shape index (κ2) is 24.7. The van der Waals surface area contributed by atoms with Gasteiger partial charge in [-0.2, -0.15) is 0 Å². The maximum absolute atomic E-state index is 16.0. The molecule has 10 rings (SSSR count). The number of phenols is 1. The van der Waals surface area contributed by atoms with Gasteiger partial charge in [-0.3, -0.25) is 33.3 Å². The standard InChI is InChI=1S/C62H69F3N6O15/c1-28-11-10-12-29(2)60(80)67-47-48(69-20-16-37(17-21-69)66-25-35-15-19-70(26-35)59-41(65)24-38-52(76)39(61(81)82)27-71(58(38)68-59)42-14-13-36(63)23-40(42)64)54(78)44-45(53(47)77)51(75)33(6)56-46(44)57(79)62(8,86-56)84-22-18-43(83-9)30(3)55(85-34(7)72)32(5)50(74)31(4)49(28)73/h10-14,18,22-24,27-28,30-32,35,37,43,49-50,55,66,73-75H,15-17,19-21,25-26H2,1-9H3,(H,67,80)(H,81,82)/b11-10+,22-18+,29-12-/t28-,30+,31+,32+,35?,43-,49-,50+,55+,62-/m0/s1. The van der Waals surface area contributed by atoms with E-state index < -0.39 is 145 Å². The molecule has 4 aromatic rings. The zero-order chi connectivity index (χ0) is 62.5. The number of nitrogens with one attached hydrogen (secondary N) is 2. The largest absolute Gasteiger partial charge is 0.507 e. The van der Waals surface area contributed by atoms with Crippen molar-refractivity contribution in [1.82, 2.24) is 25.1 Å². The number of allylic oxidation sites excluding steroid dienone is 4. The summed E-state index contributed by atoms with van der Waals surface area (Å²) in [5.41, 5.74) is -4.35. The molecule has 6 N–H and O–H groups in total. The van der Waals surface area contributed by atoms with Gasteiger partial charge in [0.05, 0.1) is 52.3 Å². The molecule has 86 heavy (non-hydrogen) atoms. The van der Waals surface area contributed by atoms with Crippen molar-refractivity contribution in [2.45, 2.75) is 111 Å². The smallest absolute Gasteiger partial charge is 0.341 e. The Morgan fingerprint density at radius 3 is 2.24 bits per heavy atom. The molecule has 0 spiro atoms. The third kappa shape index (κ3) is 11.7. The zero-order valence-electron chi connectivity index (χ0n) is 48.9. The monoisotopic (exact) mass is 1190 g/mol. The SMILES string of the molecule is CO[C@H]1/C=C/O[C@@]2(C)Oc3c(C)c(O)c4c(c3C2=O)C(=O)C(N2CCC(NCC3CCN(c5nc6c(cc5F)c(=O)c(C(=O)O)cn6-c5ccc(F)cc5F)C3)CC2)=C(NC(=O)/C(C)=C\C=C\[C@H](C)[C@H](O)[C@@H](C)[C@@H](O)[C@@H](C)[C@H](OC(C)=O)[C@@H]1C)C4=O. The lowest BCUT2D eigenvalue weighted by atomic mass is 9.78. The second-order valence-electron chi connectivity index (χ2n) is 23.1. The minimum atomic E-state index is -2.18. The summed E-state index contributed by atoms with van der Waals surface area (Å²) in [5.74, 6) is -14.7. The number of carbonyl (C=O) groups excluding carboxylic acids is 5. The highest BCUT2D eigenvalue weighted by Gasteiger charge is 2.53. The summed E-state index contributed by atoms with van der Waals surface area (Å²) in [4.78, 5) is 105. The number of rotatable bonds is 9. The number of aliphatic hydroxyl groups is 2. The van der Waals surface area contributed by atoms with Crippen molar-refractivity contribution >= 4 is 52.0 Å². The average Bonchev–Trinajstić information content (AvgIpc) is 1.59. The maximum atomic E-state index is 16.0. The van der Waals surface area contributed by atoms with Crippen molar-refractivity contribution in [1.29, 1.82) is 0 Å². The first kappa shape index (κ1) is 62.3. The van der Waals surface area contributed by atoms with Gasteiger partial charge in [-0.25, -0.2) is 22.9 Å². The molecule has 21 nitrogen and oxygen atoms in total. The number of phenolic OH excluding ortho intramolecular Hbond substituents is 1. The molecule has 10 atom stereocenters. The number of ketones is 3. The number of esters is 1. The van der Waals surface area contributed by atoms with E-state index in [-0.39, 0.29) is 76.9 Å². The number of likely N-dealkylation sites (tertiary alicyclic amines) is 1. The van der Waals surface area contributed by atoms with Crippen LogP contribution in [0, 0.1) is 54.0 Å². The van der Waals surface area contributed by atoms with E-state index in [0.717, 1.165) is 35.2 Å². The van der Waals surface area contributed by atoms with Crippen LogP contribution in [0.2, 0.25) is 0 Å². The quantitative estimate of drug-likeness (QED) is 0.0995. The number of carboxylic acids is 1. The average molecular weight is 1200 g/mol. The van der Waals surface area contributed by atoms with Gasteiger partial charge in [0.15, 0.2) is 17.3 Å². The number of aliphatic hydroxyl groups excluding tert-OH is 2. The number of fused-ring (bicyclic) bond motifs is 15. The molecule has 2 fully saturated rings. The molecule has 2 saturated heterocycles. The Hall–Kier alpha value is -8.19. The minimum Gasteiger partial charge on any atom is -0.507 e. The van der Waals surface area contributed by atoms with Crippen molar-refractivity contribution in [3.8, 4) is 17.2 Å². The number of carboxylic acid groups (broad SMARTS) is 1. The highest BCUT2D eigenvalue weighted by atomic mass is 19.1. The molecular formula is C62H69F3N6O15. The molecule has 6 aliphatic rings. The van der Waals surface area contributed by atoms with E-state index in [1.165, 1.54) is 53.0 Å². The fourth-order valence-electron chi connectivity index (χ4n) is 12.3. The Morgan fingerprint density at radius 2 is 1.58 bits per heavy atom. The number of pyridine rings is 2. The Kier molecular flexibility index (Phi) is 17.9. The molecule has 24 heteroatoms. The number of benzene rings is 2. The fourth-order valence-corrected chi connectivity index (χ4v) is 12.3. The number of piperidine rings is 1. The molecule has 0 radical (unpaired) electrons. The second-order valence-corrected chi connectivity index (χ2v) is 23.1. The van der Waals surface area contributed by atoms with E-state index >= 15 is 18.4 Å². The Labute approximate surface area is 492 Å². The number of hydrogen-bond acceptors (Lipinski definition) is 18. The van der Waals surface area contributed by atoms with E-state index in [0.29, 0.717) is 38.4 Å². The van der Waals surface area contributed by atoms with E-state index in [1.54, 1.807) is 43.6 Å². The van der Waals surface area contributed by atoms with Gasteiger partial charge >= 0.3 is 17.7 Å². The predicted molar refractivity (Wildman–Crippen MR) is 305 cm³/mol. The normalized spacial score (nSPS) is 28.3. The lowest BCUT2D eigenvalue weighted by molar-refractivity contribution is -0.160. The number of ether oxygens (including phenoxy) is 4. The summed E-state index contributed by atoms with van der Waals surface area (Å²) in [6, 6.07) is 3.28. The third-order valence-electron chi connectivity index (χ3n) is 17.3. The number of aromatic carboxylic acids is 1. The summed E-state index contributed by atoms with van der Waals surface area (Å²) < 4.78 is 69.8. The maximum Gasteiger partial charge on any atom is 0.341 e. The topological polar surface area (TPSA) is 286 Å². The van der Waals surface area contributed by atoms with Gasteiger partial charge in [0.1, 0.15) is 46.2 Å². The number of carbonyl (C=O) groups is 6. The summed E-state index contributed by atoms with van der Waals surface area (Å²) in [6.07, 6.45) is 5.25. The number of aromatic nitrogens is 2. The number of anilines is 1. The molecule has 2 aromatic carbocycles. The van der Waals surface area contributed by atoms with Crippen molar-refractivity contribution in [3.63, 3.8) is 0 Å². The highest BCUT2D eigenvalue weighted by molar-refractivity contribution is 6.32. The number of halogens is 3. The molecule has 5 aliphatic heterocycles. The molecule has 2 aromatic heterocycles. The van der Waals surface area contributed by atoms with Gasteiger partial charge in [0.2, 0.25) is 17.0 Å². The van der Waals surface area contributed by atoms with Crippen LogP contribution >= 0.6 is 0 Å². The van der Waals surface area contributed by atoms with Gasteiger partial charge in [0.25, 0.3) is 11.7 Å². The minimum absolute atomic E-state index is 0.0624. The fraction of sp³-hybridized carbons (Fsp3) is 0.452. The number of nitrogens with zero attached hydrogens (tertiary/aromatic N) is 4. The van der Waals surface area contributed by atoms with Gasteiger partial charge in [-0.15, -0.1) is 0 Å². The van der Waals surface area contributed by atoms with E-state index in [9.17, 15) is 48.8 Å². The first-order valence-electron chi connectivity index (χ1n) is 28.4. The number of Topliss-reactive ketones (excluding diaryl/α,β-unsaturated/α-hetero) is 3. The van der Waals surface area contributed by atoms with Crippen LogP contribution in [0.4, 0.5) is 19.0 Å². The third-order valence-corrected chi connectivity index (χ3v) is 17.3. The summed E-state index contributed by atoms with van der Waals surface area (Å²) in [7, 11) is 1.40. The highest BCUT2D eigenvalue weighted by Crippen LogP contribution is 2.49. The van der Waals surface area contributed by atoms with E-state index in [2.05, 4.69) is 15.6 Å². The van der Waals surface area contributed by atoms with Crippen molar-refractivity contribution in [2.24, 2.45) is 29.6 Å². The lowest BCUT2D eigenvalue weighted by Gasteiger charge is -2.38. The number of hydrogen-bond donors (Lipinski definition) is 6. The molecule has 1 unspecified atom stereocenters. The number of amides is 1. The zero-order valence-corrected chi connectivity index (χ0v) is 48.9. The van der Waals surface area contributed by atoms with Gasteiger partial charge in [0, 0.05) is 100 Å². The van der Waals surface area contributed by atoms with Crippen LogP contribution in [-0.2, 0) is 23.8 Å². The molecule has 1 aliphatic carbocycles. The van der Waals surface area contributed by atoms with Crippen LogP contribution in [0.3, 0.4) is 0 Å². The van der Waals surface area contributed by atoms with Crippen molar-refractivity contribution in [3.05, 3.63) is 133 Å². The Morgan fingerprint density at radius 1 is 0.884 bits per heavy atom. The molecule has 5 bridgehead atoms. The number of methoxy groups -OCH3 is 1. The number of aromatic hydroxyl groups is 1. The first-order valence-corrected chi connectivity index (χ1v) is 28.4. The summed E-state index contributed by atoms with van der Waals surface area (Å²) in [5, 5.41) is 50.5. The van der Waals surface area contributed by atoms with E-state index in [1.807, 2.05) is 0 Å². The molecular weight excluding hydrogens is 1130 g/mol. The van der Waals surface area contributed by atoms with Crippen molar-refractivity contribution < 1.29 is 81.3 Å². The van der Waals surface area contributed by atoms with Gasteiger partial charge < -0.3 is 59.8 Å². The Bertz CT molecular complexity index is 3650. The van der Waals surface area contributed by atoms with Crippen LogP contribution in [-0.4, -0.2) is 146 Å². The van der Waals surface area contributed by atoms with E-state index in [4.69, 9.17) is 18.9 Å². The molecule has 7 heterocycles. The van der Waals surface area contributed by atoms with Gasteiger partial charge in [-0.05, 0) is 69.8 Å².